The Morgan fingerprint density at radius 1 is 1.11 bits per heavy atom. The highest BCUT2D eigenvalue weighted by Gasteiger charge is 2.43. The number of fused-ring (bicyclic) bond motifs is 1. The number of hydrogen-bond donors (Lipinski definition) is 2. The number of nitrogens with zero attached hydrogens (tertiary/aromatic N) is 2. The average Bonchev–Trinajstić information content (AvgIpc) is 3.43. The second-order valence-corrected chi connectivity index (χ2v) is 11.0. The van der Waals surface area contributed by atoms with Crippen molar-refractivity contribution in [3.63, 3.8) is 0 Å². The number of sulfonamides is 1. The number of benzene rings is 2. The molecule has 0 aliphatic carbocycles. The van der Waals surface area contributed by atoms with Gasteiger partial charge in [-0.05, 0) is 60.0 Å². The van der Waals surface area contributed by atoms with E-state index in [0.717, 1.165) is 11.1 Å². The number of amides is 1. The lowest BCUT2D eigenvalue weighted by Crippen LogP contribution is -2.46. The molecule has 9 nitrogen and oxygen atoms in total. The third-order valence-corrected chi connectivity index (χ3v) is 8.41. The van der Waals surface area contributed by atoms with E-state index in [1.54, 1.807) is 18.2 Å². The lowest BCUT2D eigenvalue weighted by Gasteiger charge is -2.31. The van der Waals surface area contributed by atoms with Gasteiger partial charge in [-0.2, -0.15) is 13.1 Å². The van der Waals surface area contributed by atoms with Crippen molar-refractivity contribution in [1.29, 1.82) is 0 Å². The van der Waals surface area contributed by atoms with Crippen molar-refractivity contribution in [2.45, 2.75) is 24.0 Å². The van der Waals surface area contributed by atoms with E-state index in [4.69, 9.17) is 4.74 Å². The highest BCUT2D eigenvalue weighted by molar-refractivity contribution is 7.89. The molecule has 3 heterocycles. The zero-order valence-electron chi connectivity index (χ0n) is 19.4. The first-order chi connectivity index (χ1) is 17.1. The van der Waals surface area contributed by atoms with Crippen LogP contribution in [0, 0.1) is 0 Å². The summed E-state index contributed by atoms with van der Waals surface area (Å²) in [5.41, 5.74) is 0.979. The fourth-order valence-electron chi connectivity index (χ4n) is 4.68. The Labute approximate surface area is 207 Å². The van der Waals surface area contributed by atoms with Crippen molar-refractivity contribution in [1.82, 2.24) is 9.21 Å². The summed E-state index contributed by atoms with van der Waals surface area (Å²) in [4.78, 5) is 14.8. The summed E-state index contributed by atoms with van der Waals surface area (Å²) >= 11 is 0. The maximum absolute atomic E-state index is 13.3. The molecule has 2 aromatic rings. The van der Waals surface area contributed by atoms with E-state index in [1.165, 1.54) is 40.4 Å². The van der Waals surface area contributed by atoms with Crippen LogP contribution >= 0.6 is 0 Å². The van der Waals surface area contributed by atoms with Gasteiger partial charge in [0.25, 0.3) is 5.91 Å². The van der Waals surface area contributed by atoms with Crippen LogP contribution in [0.15, 0.2) is 58.5 Å². The van der Waals surface area contributed by atoms with Crippen LogP contribution in [-0.2, 0) is 20.4 Å². The minimum Gasteiger partial charge on any atom is -0.490 e. The molecule has 36 heavy (non-hydrogen) atoms. The minimum absolute atomic E-state index is 0.0360. The molecule has 0 bridgehead atoms. The minimum atomic E-state index is -3.87. The number of hydrogen-bond acceptors (Lipinski definition) is 7. The summed E-state index contributed by atoms with van der Waals surface area (Å²) in [5, 5.41) is 14.3. The Morgan fingerprint density at radius 2 is 1.78 bits per heavy atom. The zero-order chi connectivity index (χ0) is 25.7. The van der Waals surface area contributed by atoms with Crippen LogP contribution in [0.3, 0.4) is 0 Å². The molecule has 5 rings (SSSR count). The maximum atomic E-state index is 13.3. The Kier molecular flexibility index (Phi) is 6.13. The van der Waals surface area contributed by atoms with Gasteiger partial charge in [-0.25, -0.2) is 8.42 Å². The second-order valence-electron chi connectivity index (χ2n) is 9.05. The number of aliphatic hydroxyl groups is 1. The number of carbonyl (C=O) groups excluding carboxylic acids is 1. The predicted octanol–water partition coefficient (Wildman–Crippen LogP) is 2.14. The zero-order valence-corrected chi connectivity index (χ0v) is 20.2. The van der Waals surface area contributed by atoms with Gasteiger partial charge in [-0.3, -0.25) is 4.79 Å². The van der Waals surface area contributed by atoms with Gasteiger partial charge < -0.3 is 24.8 Å². The molecule has 192 valence electrons. The summed E-state index contributed by atoms with van der Waals surface area (Å²) < 4.78 is 61.9. The van der Waals surface area contributed by atoms with Gasteiger partial charge in [0.2, 0.25) is 10.0 Å². The van der Waals surface area contributed by atoms with Crippen LogP contribution in [0.5, 0.6) is 11.5 Å². The summed E-state index contributed by atoms with van der Waals surface area (Å²) in [6.45, 7) is 0.260. The molecule has 0 spiro atoms. The lowest BCUT2D eigenvalue weighted by atomic mass is 9.93. The van der Waals surface area contributed by atoms with Crippen LogP contribution in [0.4, 0.5) is 14.5 Å². The van der Waals surface area contributed by atoms with Crippen molar-refractivity contribution in [3.8, 4) is 11.5 Å². The Morgan fingerprint density at radius 3 is 2.42 bits per heavy atom. The van der Waals surface area contributed by atoms with Gasteiger partial charge in [0.1, 0.15) is 18.1 Å². The maximum Gasteiger partial charge on any atom is 0.387 e. The highest BCUT2D eigenvalue weighted by Crippen LogP contribution is 2.36. The molecule has 0 saturated carbocycles. The number of halogens is 2. The summed E-state index contributed by atoms with van der Waals surface area (Å²) in [6, 6.07) is 9.89. The molecular formula is C24H25F2N3O6S. The molecule has 3 aliphatic heterocycles. The largest absolute Gasteiger partial charge is 0.490 e. The first-order valence-electron chi connectivity index (χ1n) is 11.3. The van der Waals surface area contributed by atoms with Crippen molar-refractivity contribution in [2.24, 2.45) is 0 Å². The molecule has 2 N–H and O–H groups in total. The number of nitrogens with one attached hydrogen (secondary N) is 1. The monoisotopic (exact) mass is 521 g/mol. The van der Waals surface area contributed by atoms with Crippen LogP contribution in [-0.4, -0.2) is 74.6 Å². The van der Waals surface area contributed by atoms with E-state index in [9.17, 15) is 27.1 Å². The van der Waals surface area contributed by atoms with Crippen molar-refractivity contribution >= 4 is 21.6 Å². The van der Waals surface area contributed by atoms with Crippen molar-refractivity contribution < 1.29 is 36.6 Å². The summed E-state index contributed by atoms with van der Waals surface area (Å²) in [7, 11) is -3.87. The fourth-order valence-corrected chi connectivity index (χ4v) is 6.11. The second kappa shape index (κ2) is 9.02. The topological polar surface area (TPSA) is 108 Å². The van der Waals surface area contributed by atoms with Crippen LogP contribution in [0.2, 0.25) is 0 Å². The molecule has 3 aliphatic rings. The first kappa shape index (κ1) is 24.5. The predicted molar refractivity (Wildman–Crippen MR) is 125 cm³/mol. The fraction of sp³-hybridized carbons (Fsp3) is 0.375. The number of alkyl halides is 2. The van der Waals surface area contributed by atoms with E-state index in [1.807, 2.05) is 0 Å². The van der Waals surface area contributed by atoms with Gasteiger partial charge >= 0.3 is 6.61 Å². The Bertz CT molecular complexity index is 1310. The van der Waals surface area contributed by atoms with E-state index in [0.29, 0.717) is 30.2 Å². The standard InChI is InChI=1S/C24H25F2N3O6S/c1-24(31,17-2-7-21-20(10-17)27-8-9-34-21)22(30)28-11-15-13-29(14-16(15)12-28)36(32,33)19-5-3-18(4-6-19)35-23(25)26/h2-7,10,23,27,31H,8-9,11-14H2,1H3. The Balaban J connectivity index is 1.24. The molecule has 1 atom stereocenters. The molecule has 1 unspecified atom stereocenters. The molecule has 0 saturated heterocycles. The molecular weight excluding hydrogens is 496 g/mol. The third kappa shape index (κ3) is 4.40. The number of carbonyl (C=O) groups is 1. The van der Waals surface area contributed by atoms with E-state index >= 15 is 0 Å². The van der Waals surface area contributed by atoms with Crippen molar-refractivity contribution in [2.75, 3.05) is 44.6 Å². The number of rotatable bonds is 6. The summed E-state index contributed by atoms with van der Waals surface area (Å²) in [6.07, 6.45) is 0. The highest BCUT2D eigenvalue weighted by atomic mass is 32.2. The lowest BCUT2D eigenvalue weighted by molar-refractivity contribution is -0.149. The van der Waals surface area contributed by atoms with Gasteiger partial charge in [0, 0.05) is 32.7 Å². The number of ether oxygens (including phenoxy) is 2. The molecule has 0 fully saturated rings. The number of anilines is 1. The normalized spacial score (nSPS) is 19.4. The van der Waals surface area contributed by atoms with Gasteiger partial charge in [0.15, 0.2) is 5.60 Å². The van der Waals surface area contributed by atoms with Crippen molar-refractivity contribution in [3.05, 3.63) is 59.2 Å². The average molecular weight is 522 g/mol. The molecule has 1 amide bonds. The van der Waals surface area contributed by atoms with E-state index in [-0.39, 0.29) is 36.8 Å². The SMILES string of the molecule is CC(O)(C(=O)N1CC2=C(C1)CN(S(=O)(=O)c1ccc(OC(F)F)cc1)C2)c1ccc2c(c1)NCCO2. The van der Waals surface area contributed by atoms with Gasteiger partial charge in [-0.1, -0.05) is 6.07 Å². The Hall–Kier alpha value is -3.22. The summed E-state index contributed by atoms with van der Waals surface area (Å²) in [5.74, 6) is 0.0552. The smallest absolute Gasteiger partial charge is 0.387 e. The van der Waals surface area contributed by atoms with Crippen LogP contribution in [0.25, 0.3) is 0 Å². The van der Waals surface area contributed by atoms with Crippen LogP contribution < -0.4 is 14.8 Å². The molecule has 0 radical (unpaired) electrons. The quantitative estimate of drug-likeness (QED) is 0.561. The molecule has 2 aromatic carbocycles. The third-order valence-electron chi connectivity index (χ3n) is 6.60. The van der Waals surface area contributed by atoms with Gasteiger partial charge in [-0.15, -0.1) is 0 Å². The van der Waals surface area contributed by atoms with Crippen LogP contribution in [0.1, 0.15) is 12.5 Å². The first-order valence-corrected chi connectivity index (χ1v) is 12.8. The molecule has 12 heteroatoms. The molecule has 0 aromatic heterocycles. The van der Waals surface area contributed by atoms with Gasteiger partial charge in [0.05, 0.1) is 10.6 Å². The van der Waals surface area contributed by atoms with E-state index < -0.39 is 28.1 Å². The van der Waals surface area contributed by atoms with E-state index in [2.05, 4.69) is 10.1 Å².